The Bertz CT molecular complexity index is 952. The van der Waals surface area contributed by atoms with E-state index < -0.39 is 0 Å². The largest absolute Gasteiger partial charge is 0.352 e. The fourth-order valence-electron chi connectivity index (χ4n) is 3.32. The number of hydrogen-bond donors (Lipinski definition) is 1. The van der Waals surface area contributed by atoms with E-state index >= 15 is 0 Å². The predicted molar refractivity (Wildman–Crippen MR) is 108 cm³/mol. The van der Waals surface area contributed by atoms with Gasteiger partial charge in [0.2, 0.25) is 5.91 Å². The van der Waals surface area contributed by atoms with E-state index in [1.165, 1.54) is 5.56 Å². The van der Waals surface area contributed by atoms with Crippen molar-refractivity contribution in [2.75, 3.05) is 11.4 Å². The number of rotatable bonds is 5. The third-order valence-corrected chi connectivity index (χ3v) is 5.59. The maximum Gasteiger partial charge on any atom is 0.258 e. The van der Waals surface area contributed by atoms with E-state index in [-0.39, 0.29) is 11.8 Å². The van der Waals surface area contributed by atoms with Crippen LogP contribution in [0.4, 0.5) is 5.69 Å². The molecule has 0 spiro atoms. The smallest absolute Gasteiger partial charge is 0.258 e. The molecule has 4 rings (SSSR count). The molecule has 0 aliphatic carbocycles. The predicted octanol–water partition coefficient (Wildman–Crippen LogP) is 3.81. The van der Waals surface area contributed by atoms with Gasteiger partial charge in [0.25, 0.3) is 5.91 Å². The molecule has 3 aromatic rings. The van der Waals surface area contributed by atoms with Crippen molar-refractivity contribution < 1.29 is 9.59 Å². The van der Waals surface area contributed by atoms with Gasteiger partial charge in [0, 0.05) is 29.2 Å². The van der Waals surface area contributed by atoms with Gasteiger partial charge in [-0.3, -0.25) is 9.59 Å². The molecule has 0 radical (unpaired) electrons. The summed E-state index contributed by atoms with van der Waals surface area (Å²) in [6, 6.07) is 19.4. The molecular formula is C22H20N2O2S. The van der Waals surface area contributed by atoms with Crippen LogP contribution in [-0.4, -0.2) is 18.4 Å². The molecule has 1 aliphatic rings. The Morgan fingerprint density at radius 2 is 1.89 bits per heavy atom. The maximum atomic E-state index is 12.8. The summed E-state index contributed by atoms with van der Waals surface area (Å²) in [6.07, 6.45) is 1.26. The highest BCUT2D eigenvalue weighted by atomic mass is 32.1. The van der Waals surface area contributed by atoms with Crippen molar-refractivity contribution in [1.82, 2.24) is 5.32 Å². The first-order valence-electron chi connectivity index (χ1n) is 8.98. The number of thiophene rings is 1. The van der Waals surface area contributed by atoms with Gasteiger partial charge in [0.15, 0.2) is 0 Å². The quantitative estimate of drug-likeness (QED) is 0.736. The lowest BCUT2D eigenvalue weighted by Gasteiger charge is -2.18. The molecule has 2 aromatic carbocycles. The number of anilines is 1. The lowest BCUT2D eigenvalue weighted by Crippen LogP contribution is -2.29. The fourth-order valence-corrected chi connectivity index (χ4v) is 4.02. The zero-order valence-electron chi connectivity index (χ0n) is 14.9. The van der Waals surface area contributed by atoms with Crippen LogP contribution < -0.4 is 10.2 Å². The summed E-state index contributed by atoms with van der Waals surface area (Å²) < 4.78 is 0. The van der Waals surface area contributed by atoms with Gasteiger partial charge in [-0.2, -0.15) is 0 Å². The Kier molecular flexibility index (Phi) is 5.03. The molecule has 136 valence electrons. The van der Waals surface area contributed by atoms with Crippen molar-refractivity contribution in [1.29, 1.82) is 0 Å². The second-order valence-electron chi connectivity index (χ2n) is 6.57. The number of carbonyl (C=O) groups is 2. The van der Waals surface area contributed by atoms with Crippen LogP contribution in [0, 0.1) is 0 Å². The molecular weight excluding hydrogens is 356 g/mol. The molecule has 2 heterocycles. The normalized spacial score (nSPS) is 12.7. The minimum Gasteiger partial charge on any atom is -0.352 e. The highest BCUT2D eigenvalue weighted by Crippen LogP contribution is 2.30. The average Bonchev–Trinajstić information content (AvgIpc) is 3.36. The van der Waals surface area contributed by atoms with Crippen LogP contribution in [0.2, 0.25) is 0 Å². The first kappa shape index (κ1) is 17.5. The zero-order chi connectivity index (χ0) is 18.6. The number of fused-ring (bicyclic) bond motifs is 1. The number of nitrogens with one attached hydrogen (secondary N) is 1. The van der Waals surface area contributed by atoms with Crippen LogP contribution in [0.15, 0.2) is 66.0 Å². The van der Waals surface area contributed by atoms with E-state index in [4.69, 9.17) is 0 Å². The molecule has 1 aliphatic heterocycles. The number of carbonyl (C=O) groups excluding carboxylic acids is 2. The van der Waals surface area contributed by atoms with Crippen molar-refractivity contribution >= 4 is 28.8 Å². The van der Waals surface area contributed by atoms with Crippen molar-refractivity contribution in [3.8, 4) is 0 Å². The van der Waals surface area contributed by atoms with Crippen LogP contribution in [0.25, 0.3) is 0 Å². The molecule has 0 bridgehead atoms. The van der Waals surface area contributed by atoms with Crippen molar-refractivity contribution in [2.45, 2.75) is 19.4 Å². The zero-order valence-corrected chi connectivity index (χ0v) is 15.7. The lowest BCUT2D eigenvalue weighted by molar-refractivity contribution is -0.120. The number of amides is 2. The second-order valence-corrected chi connectivity index (χ2v) is 7.60. The van der Waals surface area contributed by atoms with Crippen molar-refractivity contribution in [3.05, 3.63) is 87.6 Å². The van der Waals surface area contributed by atoms with E-state index in [0.29, 0.717) is 25.1 Å². The summed E-state index contributed by atoms with van der Waals surface area (Å²) >= 11 is 1.59. The number of nitrogens with zero attached hydrogens (tertiary/aromatic N) is 1. The van der Waals surface area contributed by atoms with Gasteiger partial charge in [-0.1, -0.05) is 36.4 Å². The number of benzene rings is 2. The molecule has 5 heteroatoms. The molecule has 0 saturated heterocycles. The molecule has 27 heavy (non-hydrogen) atoms. The summed E-state index contributed by atoms with van der Waals surface area (Å²) in [5, 5.41) is 4.94. The Hall–Kier alpha value is -2.92. The monoisotopic (exact) mass is 376 g/mol. The Balaban J connectivity index is 1.45. The van der Waals surface area contributed by atoms with Crippen LogP contribution in [0.3, 0.4) is 0 Å². The lowest BCUT2D eigenvalue weighted by atomic mass is 10.1. The van der Waals surface area contributed by atoms with Gasteiger partial charge in [-0.25, -0.2) is 0 Å². The number of hydrogen-bond acceptors (Lipinski definition) is 3. The Labute approximate surface area is 162 Å². The standard InChI is InChI=1S/C22H20N2O2S/c25-21(14-19-7-4-12-27-19)23-15-16-8-9-17-10-11-24(20(17)13-16)22(26)18-5-2-1-3-6-18/h1-9,12-13H,10-11,14-15H2,(H,23,25). The second kappa shape index (κ2) is 7.76. The third kappa shape index (κ3) is 3.93. The van der Waals surface area contributed by atoms with E-state index in [0.717, 1.165) is 22.5 Å². The van der Waals surface area contributed by atoms with Crippen LogP contribution in [-0.2, 0) is 24.2 Å². The average molecular weight is 376 g/mol. The Morgan fingerprint density at radius 3 is 2.67 bits per heavy atom. The van der Waals surface area contributed by atoms with Crippen LogP contribution in [0.1, 0.15) is 26.4 Å². The van der Waals surface area contributed by atoms with Crippen molar-refractivity contribution in [2.24, 2.45) is 0 Å². The Morgan fingerprint density at radius 1 is 1.04 bits per heavy atom. The van der Waals surface area contributed by atoms with E-state index in [9.17, 15) is 9.59 Å². The minimum absolute atomic E-state index is 0.00941. The fraction of sp³-hybridized carbons (Fsp3) is 0.182. The highest BCUT2D eigenvalue weighted by molar-refractivity contribution is 7.10. The van der Waals surface area contributed by atoms with E-state index in [1.807, 2.05) is 64.9 Å². The van der Waals surface area contributed by atoms with Gasteiger partial charge >= 0.3 is 0 Å². The van der Waals surface area contributed by atoms with Gasteiger partial charge in [-0.15, -0.1) is 11.3 Å². The van der Waals surface area contributed by atoms with Gasteiger partial charge in [0.05, 0.1) is 6.42 Å². The van der Waals surface area contributed by atoms with Gasteiger partial charge < -0.3 is 10.2 Å². The van der Waals surface area contributed by atoms with Crippen LogP contribution in [0.5, 0.6) is 0 Å². The molecule has 4 nitrogen and oxygen atoms in total. The molecule has 1 N–H and O–H groups in total. The van der Waals surface area contributed by atoms with Gasteiger partial charge in [-0.05, 0) is 47.2 Å². The summed E-state index contributed by atoms with van der Waals surface area (Å²) in [6.45, 7) is 1.15. The van der Waals surface area contributed by atoms with E-state index in [2.05, 4.69) is 11.4 Å². The minimum atomic E-state index is 0.00941. The maximum absolute atomic E-state index is 12.8. The van der Waals surface area contributed by atoms with Gasteiger partial charge in [0.1, 0.15) is 0 Å². The first-order chi connectivity index (χ1) is 13.2. The molecule has 1 aromatic heterocycles. The SMILES string of the molecule is O=C(Cc1cccs1)NCc1ccc2c(c1)N(C(=O)c1ccccc1)CC2. The molecule has 0 unspecified atom stereocenters. The first-order valence-corrected chi connectivity index (χ1v) is 9.86. The summed E-state index contributed by atoms with van der Waals surface area (Å²) in [5.74, 6) is 0.0309. The summed E-state index contributed by atoms with van der Waals surface area (Å²) in [4.78, 5) is 27.8. The highest BCUT2D eigenvalue weighted by Gasteiger charge is 2.25. The summed E-state index contributed by atoms with van der Waals surface area (Å²) in [5.41, 5.74) is 3.82. The topological polar surface area (TPSA) is 49.4 Å². The van der Waals surface area contributed by atoms with Crippen LogP contribution >= 0.6 is 11.3 Å². The third-order valence-electron chi connectivity index (χ3n) is 4.72. The molecule has 2 amide bonds. The van der Waals surface area contributed by atoms with Crippen molar-refractivity contribution in [3.63, 3.8) is 0 Å². The van der Waals surface area contributed by atoms with E-state index in [1.54, 1.807) is 11.3 Å². The molecule has 0 atom stereocenters. The molecule has 0 saturated carbocycles. The molecule has 0 fully saturated rings. The summed E-state index contributed by atoms with van der Waals surface area (Å²) in [7, 11) is 0.